The predicted molar refractivity (Wildman–Crippen MR) is 327 cm³/mol. The summed E-state index contributed by atoms with van der Waals surface area (Å²) in [6.45, 7) is 12.1. The number of aliphatic hydroxyl groups is 1. The minimum absolute atomic E-state index is 0. The molecule has 0 fully saturated rings. The summed E-state index contributed by atoms with van der Waals surface area (Å²) in [5.41, 5.74) is 18.3. The van der Waals surface area contributed by atoms with Gasteiger partial charge in [0.05, 0.1) is 16.8 Å². The van der Waals surface area contributed by atoms with E-state index in [2.05, 4.69) is 185 Å². The summed E-state index contributed by atoms with van der Waals surface area (Å²) in [6.07, 6.45) is 27.0. The van der Waals surface area contributed by atoms with Crippen molar-refractivity contribution in [1.82, 2.24) is 9.97 Å². The van der Waals surface area contributed by atoms with Crippen LogP contribution in [0.15, 0.2) is 157 Å². The summed E-state index contributed by atoms with van der Waals surface area (Å²) < 4.78 is 0. The molecular formula is C73H84IrN2O2-2. The molecular weight excluding hydrogens is 1130 g/mol. The zero-order valence-electron chi connectivity index (χ0n) is 47.7. The number of carbonyl (C=O) groups excluding carboxylic acids is 1. The molecule has 0 saturated heterocycles. The van der Waals surface area contributed by atoms with Gasteiger partial charge in [0.1, 0.15) is 0 Å². The van der Waals surface area contributed by atoms with Gasteiger partial charge in [-0.05, 0) is 85.0 Å². The number of allylic oxidation sites excluding steroid dienone is 2. The number of benzene rings is 6. The van der Waals surface area contributed by atoms with Crippen LogP contribution < -0.4 is 0 Å². The topological polar surface area (TPSA) is 63.1 Å². The summed E-state index contributed by atoms with van der Waals surface area (Å²) >= 11 is 0. The molecule has 409 valence electrons. The Morgan fingerprint density at radius 1 is 0.449 bits per heavy atom. The number of pyridine rings is 2. The molecule has 2 heterocycles. The number of nitrogens with zero attached hydrogens (tertiary/aromatic N) is 2. The summed E-state index contributed by atoms with van der Waals surface area (Å²) in [4.78, 5) is 20.0. The Bertz CT molecular complexity index is 3010. The zero-order chi connectivity index (χ0) is 54.0. The van der Waals surface area contributed by atoms with E-state index in [1.165, 1.54) is 192 Å². The van der Waals surface area contributed by atoms with Gasteiger partial charge in [-0.15, -0.1) is 58.7 Å². The van der Waals surface area contributed by atoms with Crippen LogP contribution in [0.1, 0.15) is 192 Å². The number of aromatic nitrogens is 2. The van der Waals surface area contributed by atoms with Crippen molar-refractivity contribution in [1.29, 1.82) is 0 Å². The van der Waals surface area contributed by atoms with Crippen LogP contribution in [0.4, 0.5) is 0 Å². The maximum absolute atomic E-state index is 10.0. The first kappa shape index (κ1) is 59.7. The SMILES string of the molecule is CC(=O)/C=C(/C)O.CCCCCCC1(CCCCCC)c2ccccc2-c2c[c-]c(-c3ccc4ccccc4n3)cc21.CCCCCCC1(CCCCCC)c2ccccc2-c2c[c-]c(-c3ccc4ccccc4n3)cc21.[Ir]. The maximum atomic E-state index is 10.0. The Hall–Kier alpha value is -6.00. The molecule has 2 aromatic heterocycles. The first-order chi connectivity index (χ1) is 37.7. The van der Waals surface area contributed by atoms with E-state index < -0.39 is 0 Å². The van der Waals surface area contributed by atoms with E-state index in [-0.39, 0.29) is 42.5 Å². The predicted octanol–water partition coefficient (Wildman–Crippen LogP) is 20.9. The smallest absolute Gasteiger partial charge is 0.155 e. The standard InChI is InChI=1S/2C34H38N.C5H8O2.Ir/c2*1-3-5-7-13-23-34(24-14-8-6-4-2)30-17-11-10-16-28(30)29-21-19-27(25-31(29)34)33-22-20-26-15-9-12-18-32(26)35-33;1-4(6)3-5(2)7;/h2*9-12,15-18,20-22,25H,3-8,13-14,23-24H2,1-2H3;3,6H,1-2H3;/q2*-1;;/b;;4-3-;. The molecule has 0 spiro atoms. The Morgan fingerprint density at radius 3 is 1.15 bits per heavy atom. The number of unbranched alkanes of at least 4 members (excludes halogenated alkanes) is 12. The van der Waals surface area contributed by atoms with Crippen molar-refractivity contribution in [2.45, 2.75) is 181 Å². The van der Waals surface area contributed by atoms with E-state index >= 15 is 0 Å². The van der Waals surface area contributed by atoms with Crippen LogP contribution in [0.2, 0.25) is 0 Å². The summed E-state index contributed by atoms with van der Waals surface area (Å²) in [7, 11) is 0. The summed E-state index contributed by atoms with van der Waals surface area (Å²) in [5, 5.41) is 10.7. The van der Waals surface area contributed by atoms with Gasteiger partial charge in [0.15, 0.2) is 5.78 Å². The number of hydrogen-bond donors (Lipinski definition) is 1. The molecule has 2 aliphatic rings. The van der Waals surface area contributed by atoms with Crippen LogP contribution in [0.5, 0.6) is 0 Å². The molecule has 1 N–H and O–H groups in total. The van der Waals surface area contributed by atoms with Gasteiger partial charge in [-0.1, -0.05) is 262 Å². The molecule has 5 heteroatoms. The van der Waals surface area contributed by atoms with Crippen LogP contribution in [0.3, 0.4) is 0 Å². The Balaban J connectivity index is 0.000000199. The van der Waals surface area contributed by atoms with E-state index in [1.807, 2.05) is 0 Å². The van der Waals surface area contributed by atoms with E-state index in [0.717, 1.165) is 33.5 Å². The number of ketones is 1. The minimum Gasteiger partial charge on any atom is -0.512 e. The zero-order valence-corrected chi connectivity index (χ0v) is 50.1. The van der Waals surface area contributed by atoms with Crippen molar-refractivity contribution in [2.24, 2.45) is 0 Å². The molecule has 78 heavy (non-hydrogen) atoms. The average Bonchev–Trinajstić information content (AvgIpc) is 4.09. The molecule has 0 bridgehead atoms. The number of fused-ring (bicyclic) bond motifs is 8. The monoisotopic (exact) mass is 1210 g/mol. The van der Waals surface area contributed by atoms with Gasteiger partial charge in [0, 0.05) is 37.0 Å². The fourth-order valence-corrected chi connectivity index (χ4v) is 12.5. The summed E-state index contributed by atoms with van der Waals surface area (Å²) in [6, 6.07) is 60.4. The Kier molecular flexibility index (Phi) is 22.4. The van der Waals surface area contributed by atoms with Crippen LogP contribution in [0.25, 0.3) is 66.6 Å². The molecule has 8 aromatic rings. The van der Waals surface area contributed by atoms with Gasteiger partial charge >= 0.3 is 0 Å². The second kappa shape index (κ2) is 29.3. The molecule has 4 nitrogen and oxygen atoms in total. The maximum Gasteiger partial charge on any atom is 0.155 e. The Morgan fingerprint density at radius 2 is 0.808 bits per heavy atom. The van der Waals surface area contributed by atoms with Gasteiger partial charge in [-0.25, -0.2) is 0 Å². The van der Waals surface area contributed by atoms with Crippen LogP contribution >= 0.6 is 0 Å². The third kappa shape index (κ3) is 14.1. The number of carbonyl (C=O) groups is 1. The Labute approximate surface area is 482 Å². The third-order valence-electron chi connectivity index (χ3n) is 16.4. The van der Waals surface area contributed by atoms with Gasteiger partial charge in [0.2, 0.25) is 0 Å². The van der Waals surface area contributed by atoms with Gasteiger partial charge in [0.25, 0.3) is 0 Å². The van der Waals surface area contributed by atoms with Crippen molar-refractivity contribution in [3.8, 4) is 44.8 Å². The quantitative estimate of drug-likeness (QED) is 0.0300. The van der Waals surface area contributed by atoms with E-state index in [4.69, 9.17) is 15.1 Å². The molecule has 0 atom stereocenters. The van der Waals surface area contributed by atoms with Gasteiger partial charge < -0.3 is 5.11 Å². The van der Waals surface area contributed by atoms with Gasteiger partial charge in [-0.3, -0.25) is 14.8 Å². The fraction of sp³-hybridized carbons (Fsp3) is 0.384. The van der Waals surface area contributed by atoms with Crippen molar-refractivity contribution in [3.05, 3.63) is 192 Å². The van der Waals surface area contributed by atoms with E-state index in [1.54, 1.807) is 11.1 Å². The van der Waals surface area contributed by atoms with Crippen molar-refractivity contribution < 1.29 is 30.0 Å². The number of rotatable bonds is 23. The molecule has 10 rings (SSSR count). The number of aliphatic hydroxyl groups excluding tert-OH is 1. The third-order valence-corrected chi connectivity index (χ3v) is 16.4. The average molecular weight is 1210 g/mol. The minimum atomic E-state index is -0.125. The van der Waals surface area contributed by atoms with Crippen LogP contribution in [-0.4, -0.2) is 20.9 Å². The van der Waals surface area contributed by atoms with E-state index in [0.29, 0.717) is 0 Å². The first-order valence-corrected chi connectivity index (χ1v) is 29.6. The van der Waals surface area contributed by atoms with Crippen molar-refractivity contribution in [3.63, 3.8) is 0 Å². The second-order valence-corrected chi connectivity index (χ2v) is 22.0. The van der Waals surface area contributed by atoms with E-state index in [9.17, 15) is 4.79 Å². The summed E-state index contributed by atoms with van der Waals surface area (Å²) in [5.74, 6) is -0.0625. The van der Waals surface area contributed by atoms with Crippen molar-refractivity contribution >= 4 is 27.6 Å². The largest absolute Gasteiger partial charge is 0.512 e. The molecule has 1 radical (unpaired) electrons. The second-order valence-electron chi connectivity index (χ2n) is 22.0. The molecule has 0 amide bonds. The normalized spacial score (nSPS) is 13.3. The first-order valence-electron chi connectivity index (χ1n) is 29.6. The molecule has 2 aliphatic carbocycles. The molecule has 0 aliphatic heterocycles. The van der Waals surface area contributed by atoms with Crippen LogP contribution in [-0.2, 0) is 35.7 Å². The number of hydrogen-bond acceptors (Lipinski definition) is 4. The molecule has 0 saturated carbocycles. The van der Waals surface area contributed by atoms with Crippen LogP contribution in [0, 0.1) is 12.1 Å². The molecule has 6 aromatic carbocycles. The molecule has 0 unspecified atom stereocenters. The fourth-order valence-electron chi connectivity index (χ4n) is 12.5. The van der Waals surface area contributed by atoms with Gasteiger partial charge in [-0.2, -0.15) is 0 Å². The number of para-hydroxylation sites is 2. The van der Waals surface area contributed by atoms with Crippen molar-refractivity contribution in [2.75, 3.05) is 0 Å².